The maximum absolute atomic E-state index is 13.4. The Balaban J connectivity index is 3.22. The van der Waals surface area contributed by atoms with Gasteiger partial charge in [0.25, 0.3) is 0 Å². The lowest BCUT2D eigenvalue weighted by molar-refractivity contribution is 0.227. The molecule has 0 heterocycles. The third-order valence-corrected chi connectivity index (χ3v) is 4.22. The Morgan fingerprint density at radius 1 is 1.47 bits per heavy atom. The van der Waals surface area contributed by atoms with Crippen LogP contribution in [0.25, 0.3) is 0 Å². The number of benzene rings is 1. The first-order valence-corrected chi connectivity index (χ1v) is 7.13. The first-order chi connectivity index (χ1) is 8.83. The van der Waals surface area contributed by atoms with Crippen LogP contribution in [0.4, 0.5) is 4.39 Å². The molecule has 104 valence electrons. The van der Waals surface area contributed by atoms with Crippen LogP contribution in [0, 0.1) is 23.1 Å². The molecule has 0 amide bonds. The first kappa shape index (κ1) is 15.6. The second-order valence-corrected chi connectivity index (χ2v) is 6.06. The molecule has 19 heavy (non-hydrogen) atoms. The van der Waals surface area contributed by atoms with E-state index < -0.39 is 32.3 Å². The van der Waals surface area contributed by atoms with E-state index in [-0.39, 0.29) is 12.5 Å². The van der Waals surface area contributed by atoms with Gasteiger partial charge in [0.1, 0.15) is 22.3 Å². The molecule has 0 bridgehead atoms. The van der Waals surface area contributed by atoms with Crippen molar-refractivity contribution >= 4 is 10.0 Å². The number of hydrogen-bond acceptors (Lipinski definition) is 4. The van der Waals surface area contributed by atoms with Crippen LogP contribution in [0.3, 0.4) is 0 Å². The fourth-order valence-corrected chi connectivity index (χ4v) is 3.03. The van der Waals surface area contributed by atoms with Crippen molar-refractivity contribution in [2.45, 2.75) is 24.8 Å². The molecule has 7 heteroatoms. The minimum atomic E-state index is -4.05. The van der Waals surface area contributed by atoms with Crippen LogP contribution in [0.1, 0.15) is 19.4 Å². The first-order valence-electron chi connectivity index (χ1n) is 5.65. The highest BCUT2D eigenvalue weighted by atomic mass is 32.2. The van der Waals surface area contributed by atoms with Crippen LogP contribution in [0.15, 0.2) is 23.1 Å². The number of aliphatic hydroxyl groups excluding tert-OH is 1. The third-order valence-electron chi connectivity index (χ3n) is 2.68. The van der Waals surface area contributed by atoms with Gasteiger partial charge in [-0.05, 0) is 18.1 Å². The van der Waals surface area contributed by atoms with E-state index in [1.165, 1.54) is 12.1 Å². The van der Waals surface area contributed by atoms with Crippen molar-refractivity contribution in [3.8, 4) is 6.07 Å². The van der Waals surface area contributed by atoms with E-state index in [2.05, 4.69) is 4.72 Å². The van der Waals surface area contributed by atoms with Crippen molar-refractivity contribution in [1.82, 2.24) is 4.72 Å². The fraction of sp³-hybridized carbons (Fsp3) is 0.417. The molecule has 0 fully saturated rings. The zero-order valence-electron chi connectivity index (χ0n) is 10.6. The number of nitrogens with zero attached hydrogens (tertiary/aromatic N) is 1. The van der Waals surface area contributed by atoms with Crippen molar-refractivity contribution in [3.05, 3.63) is 29.6 Å². The quantitative estimate of drug-likeness (QED) is 0.844. The van der Waals surface area contributed by atoms with Gasteiger partial charge in [-0.3, -0.25) is 0 Å². The van der Waals surface area contributed by atoms with Gasteiger partial charge in [-0.15, -0.1) is 0 Å². The summed E-state index contributed by atoms with van der Waals surface area (Å²) < 4.78 is 39.9. The Bertz CT molecular complexity index is 593. The number of nitriles is 1. The van der Waals surface area contributed by atoms with Crippen molar-refractivity contribution in [1.29, 1.82) is 5.26 Å². The highest BCUT2D eigenvalue weighted by Gasteiger charge is 2.25. The van der Waals surface area contributed by atoms with E-state index in [1.807, 2.05) is 0 Å². The van der Waals surface area contributed by atoms with Crippen molar-refractivity contribution in [2.75, 3.05) is 6.61 Å². The molecule has 1 rings (SSSR count). The van der Waals surface area contributed by atoms with Gasteiger partial charge in [-0.25, -0.2) is 17.5 Å². The molecule has 0 aromatic heterocycles. The van der Waals surface area contributed by atoms with E-state index >= 15 is 0 Å². The summed E-state index contributed by atoms with van der Waals surface area (Å²) in [6.45, 7) is 3.09. The van der Waals surface area contributed by atoms with Crippen LogP contribution in [-0.4, -0.2) is 26.2 Å². The summed E-state index contributed by atoms with van der Waals surface area (Å²) in [5, 5.41) is 18.0. The van der Waals surface area contributed by atoms with Crippen LogP contribution in [-0.2, 0) is 10.0 Å². The summed E-state index contributed by atoms with van der Waals surface area (Å²) in [5.74, 6) is -1.03. The zero-order chi connectivity index (χ0) is 14.6. The Hall–Kier alpha value is -1.49. The van der Waals surface area contributed by atoms with Gasteiger partial charge in [-0.2, -0.15) is 5.26 Å². The topological polar surface area (TPSA) is 90.2 Å². The van der Waals surface area contributed by atoms with E-state index in [0.29, 0.717) is 0 Å². The largest absolute Gasteiger partial charge is 0.395 e. The molecule has 1 aromatic carbocycles. The van der Waals surface area contributed by atoms with E-state index in [4.69, 9.17) is 10.4 Å². The predicted molar refractivity (Wildman–Crippen MR) is 67.1 cm³/mol. The molecule has 2 N–H and O–H groups in total. The Labute approximate surface area is 111 Å². The average molecular weight is 286 g/mol. The summed E-state index contributed by atoms with van der Waals surface area (Å²) in [6.07, 6.45) is 0. The molecular formula is C12H15FN2O3S. The minimum Gasteiger partial charge on any atom is -0.395 e. The van der Waals surface area contributed by atoms with Gasteiger partial charge in [0, 0.05) is 6.04 Å². The second-order valence-electron chi connectivity index (χ2n) is 4.38. The van der Waals surface area contributed by atoms with E-state index in [0.717, 1.165) is 12.1 Å². The van der Waals surface area contributed by atoms with Crippen LogP contribution >= 0.6 is 0 Å². The van der Waals surface area contributed by atoms with Gasteiger partial charge in [0.05, 0.1) is 6.61 Å². The van der Waals surface area contributed by atoms with Crippen molar-refractivity contribution in [3.63, 3.8) is 0 Å². The van der Waals surface area contributed by atoms with Gasteiger partial charge >= 0.3 is 0 Å². The van der Waals surface area contributed by atoms with E-state index in [1.54, 1.807) is 13.8 Å². The number of sulfonamides is 1. The smallest absolute Gasteiger partial charge is 0.242 e. The van der Waals surface area contributed by atoms with E-state index in [9.17, 15) is 12.8 Å². The molecule has 0 spiro atoms. The standard InChI is InChI=1S/C12H15FN2O3S/c1-8(2)11(7-16)15-19(17,18)12-5-3-4-10(13)9(12)6-14/h3-5,8,11,15-16H,7H2,1-2H3. The fourth-order valence-electron chi connectivity index (χ4n) is 1.48. The third kappa shape index (κ3) is 3.50. The Morgan fingerprint density at radius 3 is 2.58 bits per heavy atom. The minimum absolute atomic E-state index is 0.140. The highest BCUT2D eigenvalue weighted by molar-refractivity contribution is 7.89. The molecule has 0 aliphatic rings. The maximum atomic E-state index is 13.4. The molecule has 1 aromatic rings. The summed E-state index contributed by atoms with van der Waals surface area (Å²) in [6, 6.07) is 4.22. The summed E-state index contributed by atoms with van der Waals surface area (Å²) in [7, 11) is -4.05. The average Bonchev–Trinajstić information content (AvgIpc) is 2.35. The molecule has 0 aliphatic carbocycles. The SMILES string of the molecule is CC(C)C(CO)NS(=O)(=O)c1cccc(F)c1C#N. The molecule has 0 aliphatic heterocycles. The lowest BCUT2D eigenvalue weighted by Gasteiger charge is -2.20. The Morgan fingerprint density at radius 2 is 2.11 bits per heavy atom. The molecule has 0 radical (unpaired) electrons. The summed E-state index contributed by atoms with van der Waals surface area (Å²) in [5.41, 5.74) is -0.532. The number of halogens is 1. The molecule has 0 saturated heterocycles. The molecular weight excluding hydrogens is 271 g/mol. The van der Waals surface area contributed by atoms with Gasteiger partial charge in [-0.1, -0.05) is 19.9 Å². The number of rotatable bonds is 5. The van der Waals surface area contributed by atoms with Crippen molar-refractivity contribution in [2.24, 2.45) is 5.92 Å². The monoisotopic (exact) mass is 286 g/mol. The molecule has 0 saturated carbocycles. The molecule has 1 unspecified atom stereocenters. The van der Waals surface area contributed by atoms with Gasteiger partial charge in [0.2, 0.25) is 10.0 Å². The number of hydrogen-bond donors (Lipinski definition) is 2. The Kier molecular flexibility index (Phi) is 5.00. The second kappa shape index (κ2) is 6.10. The van der Waals surface area contributed by atoms with Crippen LogP contribution in [0.2, 0.25) is 0 Å². The highest BCUT2D eigenvalue weighted by Crippen LogP contribution is 2.18. The summed E-state index contributed by atoms with van der Waals surface area (Å²) in [4.78, 5) is -0.422. The lowest BCUT2D eigenvalue weighted by Crippen LogP contribution is -2.41. The van der Waals surface area contributed by atoms with Crippen LogP contribution in [0.5, 0.6) is 0 Å². The molecule has 1 atom stereocenters. The van der Waals surface area contributed by atoms with Crippen LogP contribution < -0.4 is 4.72 Å². The summed E-state index contributed by atoms with van der Waals surface area (Å²) >= 11 is 0. The predicted octanol–water partition coefficient (Wildman–Crippen LogP) is 0.993. The van der Waals surface area contributed by atoms with Gasteiger partial charge in [0.15, 0.2) is 0 Å². The maximum Gasteiger partial charge on any atom is 0.242 e. The molecule has 5 nitrogen and oxygen atoms in total. The normalized spacial score (nSPS) is 13.3. The number of aliphatic hydroxyl groups is 1. The van der Waals surface area contributed by atoms with Gasteiger partial charge < -0.3 is 5.11 Å². The lowest BCUT2D eigenvalue weighted by atomic mass is 10.1. The zero-order valence-corrected chi connectivity index (χ0v) is 11.4. The van der Waals surface area contributed by atoms with Crippen molar-refractivity contribution < 1.29 is 17.9 Å². The number of nitrogens with one attached hydrogen (secondary N) is 1.